The fourth-order valence-electron chi connectivity index (χ4n) is 1.64. The quantitative estimate of drug-likeness (QED) is 0.890. The Bertz CT molecular complexity index is 551. The number of rotatable bonds is 3. The van der Waals surface area contributed by atoms with Crippen molar-refractivity contribution in [3.63, 3.8) is 0 Å². The second-order valence-corrected chi connectivity index (χ2v) is 4.99. The van der Waals surface area contributed by atoms with Crippen molar-refractivity contribution in [2.45, 2.75) is 13.5 Å². The van der Waals surface area contributed by atoms with Gasteiger partial charge >= 0.3 is 0 Å². The smallest absolute Gasteiger partial charge is 0.127 e. The van der Waals surface area contributed by atoms with Gasteiger partial charge in [-0.3, -0.25) is 0 Å². The lowest BCUT2D eigenvalue weighted by atomic mass is 10.2. The summed E-state index contributed by atoms with van der Waals surface area (Å²) in [6, 6.07) is 9.95. The molecule has 0 spiro atoms. The van der Waals surface area contributed by atoms with Crippen LogP contribution in [0.2, 0.25) is 0 Å². The minimum atomic E-state index is -0.433. The van der Waals surface area contributed by atoms with Gasteiger partial charge < -0.3 is 10.4 Å². The lowest BCUT2D eigenvalue weighted by Gasteiger charge is -2.08. The summed E-state index contributed by atoms with van der Waals surface area (Å²) in [6.45, 7) is 2.47. The van der Waals surface area contributed by atoms with E-state index in [2.05, 4.69) is 21.2 Å². The molecule has 0 amide bonds. The number of phenols is 1. The molecule has 0 aliphatic carbocycles. The van der Waals surface area contributed by atoms with Crippen LogP contribution in [0.5, 0.6) is 5.75 Å². The number of nitrogens with one attached hydrogen (secondary N) is 1. The SMILES string of the molecule is Cc1ccc(NCc2cc(O)cc(F)c2)cc1Br. The third-order valence-corrected chi connectivity index (χ3v) is 3.47. The van der Waals surface area contributed by atoms with Gasteiger partial charge in [0.25, 0.3) is 0 Å². The summed E-state index contributed by atoms with van der Waals surface area (Å²) in [6.07, 6.45) is 0. The van der Waals surface area contributed by atoms with Gasteiger partial charge in [-0.1, -0.05) is 22.0 Å². The van der Waals surface area contributed by atoms with Gasteiger partial charge in [-0.15, -0.1) is 0 Å². The van der Waals surface area contributed by atoms with Crippen molar-refractivity contribution in [3.05, 3.63) is 57.8 Å². The lowest BCUT2D eigenvalue weighted by molar-refractivity contribution is 0.468. The molecule has 0 bridgehead atoms. The Hall–Kier alpha value is -1.55. The van der Waals surface area contributed by atoms with Gasteiger partial charge in [0.05, 0.1) is 0 Å². The second kappa shape index (κ2) is 5.40. The van der Waals surface area contributed by atoms with Crippen LogP contribution in [0, 0.1) is 12.7 Å². The average Bonchev–Trinajstić information content (AvgIpc) is 2.29. The molecule has 2 aromatic carbocycles. The zero-order chi connectivity index (χ0) is 13.1. The van der Waals surface area contributed by atoms with Gasteiger partial charge in [0, 0.05) is 22.8 Å². The maximum absolute atomic E-state index is 13.1. The minimum absolute atomic E-state index is 0.0584. The Balaban J connectivity index is 2.08. The highest BCUT2D eigenvalue weighted by Crippen LogP contribution is 2.21. The largest absolute Gasteiger partial charge is 0.508 e. The highest BCUT2D eigenvalue weighted by molar-refractivity contribution is 9.10. The molecule has 94 valence electrons. The molecule has 0 heterocycles. The summed E-state index contributed by atoms with van der Waals surface area (Å²) >= 11 is 3.46. The van der Waals surface area contributed by atoms with Gasteiger partial charge in [0.15, 0.2) is 0 Å². The summed E-state index contributed by atoms with van der Waals surface area (Å²) in [4.78, 5) is 0. The number of anilines is 1. The van der Waals surface area contributed by atoms with Gasteiger partial charge in [-0.05, 0) is 42.3 Å². The van der Waals surface area contributed by atoms with E-state index in [1.165, 1.54) is 6.07 Å². The molecule has 0 aliphatic rings. The minimum Gasteiger partial charge on any atom is -0.508 e. The first-order valence-electron chi connectivity index (χ1n) is 5.53. The molecule has 0 fully saturated rings. The molecule has 2 nitrogen and oxygen atoms in total. The molecule has 2 aromatic rings. The van der Waals surface area contributed by atoms with Crippen molar-refractivity contribution in [1.29, 1.82) is 0 Å². The first kappa shape index (κ1) is 12.9. The summed E-state index contributed by atoms with van der Waals surface area (Å²) in [5.41, 5.74) is 2.80. The normalized spacial score (nSPS) is 10.4. The van der Waals surface area contributed by atoms with Crippen LogP contribution in [0.15, 0.2) is 40.9 Å². The first-order chi connectivity index (χ1) is 8.54. The molecule has 0 saturated carbocycles. The highest BCUT2D eigenvalue weighted by Gasteiger charge is 2.01. The van der Waals surface area contributed by atoms with Crippen LogP contribution in [0.25, 0.3) is 0 Å². The van der Waals surface area contributed by atoms with Gasteiger partial charge in [-0.25, -0.2) is 4.39 Å². The molecular formula is C14H13BrFNO. The predicted molar refractivity (Wildman–Crippen MR) is 74.3 cm³/mol. The van der Waals surface area contributed by atoms with Crippen molar-refractivity contribution in [2.75, 3.05) is 5.32 Å². The molecule has 0 radical (unpaired) electrons. The van der Waals surface area contributed by atoms with E-state index in [4.69, 9.17) is 0 Å². The third-order valence-electron chi connectivity index (χ3n) is 2.61. The van der Waals surface area contributed by atoms with Crippen LogP contribution < -0.4 is 5.32 Å². The van der Waals surface area contributed by atoms with E-state index < -0.39 is 5.82 Å². The van der Waals surface area contributed by atoms with E-state index >= 15 is 0 Å². The number of aromatic hydroxyl groups is 1. The molecule has 2 rings (SSSR count). The van der Waals surface area contributed by atoms with Crippen molar-refractivity contribution in [2.24, 2.45) is 0 Å². The molecule has 0 aliphatic heterocycles. The number of benzene rings is 2. The predicted octanol–water partition coefficient (Wildman–Crippen LogP) is 4.21. The van der Waals surface area contributed by atoms with Crippen LogP contribution in [-0.2, 0) is 6.54 Å². The van der Waals surface area contributed by atoms with Gasteiger partial charge in [-0.2, -0.15) is 0 Å². The maximum Gasteiger partial charge on any atom is 0.127 e. The number of phenolic OH excluding ortho intramolecular Hbond substituents is 1. The Morgan fingerprint density at radius 1 is 1.22 bits per heavy atom. The Labute approximate surface area is 114 Å². The molecule has 0 atom stereocenters. The number of halogens is 2. The first-order valence-corrected chi connectivity index (χ1v) is 6.32. The number of hydrogen-bond acceptors (Lipinski definition) is 2. The van der Waals surface area contributed by atoms with Crippen LogP contribution in [0.1, 0.15) is 11.1 Å². The Kier molecular flexibility index (Phi) is 3.87. The van der Waals surface area contributed by atoms with E-state index in [0.29, 0.717) is 12.1 Å². The van der Waals surface area contributed by atoms with Crippen LogP contribution >= 0.6 is 15.9 Å². The number of aryl methyl sites for hydroxylation is 1. The van der Waals surface area contributed by atoms with Crippen molar-refractivity contribution >= 4 is 21.6 Å². The van der Waals surface area contributed by atoms with Gasteiger partial charge in [0.2, 0.25) is 0 Å². The molecule has 0 aromatic heterocycles. The summed E-state index contributed by atoms with van der Waals surface area (Å²) < 4.78 is 14.1. The second-order valence-electron chi connectivity index (χ2n) is 4.14. The highest BCUT2D eigenvalue weighted by atomic mass is 79.9. The maximum atomic E-state index is 13.1. The topological polar surface area (TPSA) is 32.3 Å². The van der Waals surface area contributed by atoms with E-state index in [-0.39, 0.29) is 5.75 Å². The van der Waals surface area contributed by atoms with Crippen LogP contribution in [0.3, 0.4) is 0 Å². The van der Waals surface area contributed by atoms with Gasteiger partial charge in [0.1, 0.15) is 11.6 Å². The van der Waals surface area contributed by atoms with E-state index in [1.54, 1.807) is 6.07 Å². The Morgan fingerprint density at radius 3 is 2.67 bits per heavy atom. The van der Waals surface area contributed by atoms with Crippen LogP contribution in [0.4, 0.5) is 10.1 Å². The fraction of sp³-hybridized carbons (Fsp3) is 0.143. The lowest BCUT2D eigenvalue weighted by Crippen LogP contribution is -2.00. The summed E-state index contributed by atoms with van der Waals surface area (Å²) in [5, 5.41) is 12.5. The average molecular weight is 310 g/mol. The van der Waals surface area contributed by atoms with Crippen molar-refractivity contribution in [3.8, 4) is 5.75 Å². The molecule has 18 heavy (non-hydrogen) atoms. The zero-order valence-corrected chi connectivity index (χ0v) is 11.5. The molecule has 2 N–H and O–H groups in total. The monoisotopic (exact) mass is 309 g/mol. The van der Waals surface area contributed by atoms with E-state index in [9.17, 15) is 9.50 Å². The third kappa shape index (κ3) is 3.23. The Morgan fingerprint density at radius 2 is 2.00 bits per heavy atom. The summed E-state index contributed by atoms with van der Waals surface area (Å²) in [5.74, 6) is -0.492. The van der Waals surface area contributed by atoms with E-state index in [0.717, 1.165) is 21.8 Å². The van der Waals surface area contributed by atoms with Crippen LogP contribution in [-0.4, -0.2) is 5.11 Å². The molecular weight excluding hydrogens is 297 g/mol. The summed E-state index contributed by atoms with van der Waals surface area (Å²) in [7, 11) is 0. The molecule has 4 heteroatoms. The zero-order valence-electron chi connectivity index (χ0n) is 9.87. The molecule has 0 saturated heterocycles. The standard InChI is InChI=1S/C14H13BrFNO/c1-9-2-3-12(7-14(9)15)17-8-10-4-11(16)6-13(18)5-10/h2-7,17-18H,8H2,1H3. The van der Waals surface area contributed by atoms with E-state index in [1.807, 2.05) is 25.1 Å². The number of hydrogen-bond donors (Lipinski definition) is 2. The van der Waals surface area contributed by atoms with Crippen molar-refractivity contribution in [1.82, 2.24) is 0 Å². The molecule has 0 unspecified atom stereocenters. The fourth-order valence-corrected chi connectivity index (χ4v) is 2.02. The van der Waals surface area contributed by atoms with Crippen molar-refractivity contribution < 1.29 is 9.50 Å².